The zero-order chi connectivity index (χ0) is 44.9. The molecule has 62 heavy (non-hydrogen) atoms. The van der Waals surface area contributed by atoms with E-state index >= 15 is 0 Å². The quantitative estimate of drug-likeness (QED) is 0.0346. The lowest BCUT2D eigenvalue weighted by Crippen LogP contribution is -2.30. The van der Waals surface area contributed by atoms with Crippen LogP contribution in [0, 0.1) is 0 Å². The topological polar surface area (TPSA) is 61.8 Å². The molecule has 0 aliphatic carbocycles. The summed E-state index contributed by atoms with van der Waals surface area (Å²) in [5, 5.41) is 0. The molecule has 0 saturated carbocycles. The fraction of sp³-hybridized carbons (Fsp3) is 0.825. The van der Waals surface area contributed by atoms with Crippen molar-refractivity contribution in [3.05, 3.63) is 48.6 Å². The molecular formula is C57H104O5. The average Bonchev–Trinajstić information content (AvgIpc) is 3.27. The second kappa shape index (κ2) is 53.2. The number of ether oxygens (including phenoxy) is 3. The Morgan fingerprint density at radius 2 is 0.726 bits per heavy atom. The molecule has 0 aromatic heterocycles. The summed E-state index contributed by atoms with van der Waals surface area (Å²) in [7, 11) is 0. The molecular weight excluding hydrogens is 765 g/mol. The number of rotatable bonds is 50. The van der Waals surface area contributed by atoms with E-state index in [4.69, 9.17) is 14.2 Å². The van der Waals surface area contributed by atoms with E-state index in [2.05, 4.69) is 69.4 Å². The highest BCUT2D eigenvalue weighted by Gasteiger charge is 2.17. The zero-order valence-corrected chi connectivity index (χ0v) is 41.6. The Hall–Kier alpha value is -2.14. The third-order valence-electron chi connectivity index (χ3n) is 11.8. The van der Waals surface area contributed by atoms with Crippen LogP contribution < -0.4 is 0 Å². The van der Waals surface area contributed by atoms with Crippen LogP contribution in [0.3, 0.4) is 0 Å². The highest BCUT2D eigenvalue weighted by molar-refractivity contribution is 5.70. The standard InChI is InChI=1S/C57H104O5/c1-4-7-10-13-16-19-22-25-26-27-28-29-30-31-34-37-40-43-46-49-52-60-53-55(62-57(59)51-48-45-42-39-36-33-24-21-18-15-12-9-6-3)54-61-56(58)50-47-44-41-38-35-32-23-20-17-14-11-8-5-2/h8,11,17,20-21,24,32,35,55H,4-7,9-10,12-16,18-19,22-23,25-31,33-34,36-54H2,1-3H3/b11-8-,20-17-,24-21-,35-32-. The summed E-state index contributed by atoms with van der Waals surface area (Å²) in [6.07, 6.45) is 65.6. The minimum atomic E-state index is -0.549. The van der Waals surface area contributed by atoms with Gasteiger partial charge in [-0.05, 0) is 77.0 Å². The smallest absolute Gasteiger partial charge is 0.306 e. The molecule has 0 amide bonds. The van der Waals surface area contributed by atoms with Crippen LogP contribution in [-0.4, -0.2) is 37.9 Å². The predicted molar refractivity (Wildman–Crippen MR) is 270 cm³/mol. The first-order chi connectivity index (χ1) is 30.6. The minimum absolute atomic E-state index is 0.0699. The lowest BCUT2D eigenvalue weighted by atomic mass is 10.0. The minimum Gasteiger partial charge on any atom is -0.462 e. The van der Waals surface area contributed by atoms with Crippen LogP contribution in [-0.2, 0) is 23.8 Å². The van der Waals surface area contributed by atoms with Crippen LogP contribution in [0.5, 0.6) is 0 Å². The molecule has 0 N–H and O–H groups in total. The van der Waals surface area contributed by atoms with Gasteiger partial charge in [0.15, 0.2) is 6.10 Å². The van der Waals surface area contributed by atoms with E-state index in [1.54, 1.807) is 0 Å². The van der Waals surface area contributed by atoms with Crippen molar-refractivity contribution >= 4 is 11.9 Å². The van der Waals surface area contributed by atoms with Gasteiger partial charge in [0.05, 0.1) is 6.61 Å². The van der Waals surface area contributed by atoms with Gasteiger partial charge < -0.3 is 14.2 Å². The molecule has 0 aromatic rings. The highest BCUT2D eigenvalue weighted by Crippen LogP contribution is 2.16. The Bertz CT molecular complexity index is 1030. The molecule has 0 radical (unpaired) electrons. The van der Waals surface area contributed by atoms with Crippen molar-refractivity contribution in [3.8, 4) is 0 Å². The molecule has 0 fully saturated rings. The largest absolute Gasteiger partial charge is 0.462 e. The molecule has 0 aromatic carbocycles. The number of unbranched alkanes of at least 4 members (excludes halogenated alkanes) is 31. The van der Waals surface area contributed by atoms with E-state index < -0.39 is 6.10 Å². The Balaban J connectivity index is 4.22. The van der Waals surface area contributed by atoms with Gasteiger partial charge in [0.25, 0.3) is 0 Å². The zero-order valence-electron chi connectivity index (χ0n) is 41.6. The summed E-state index contributed by atoms with van der Waals surface area (Å²) in [5.41, 5.74) is 0. The Kier molecular flexibility index (Phi) is 51.4. The summed E-state index contributed by atoms with van der Waals surface area (Å²) in [5.74, 6) is -0.430. The van der Waals surface area contributed by atoms with Gasteiger partial charge in [0.1, 0.15) is 6.61 Å². The molecule has 362 valence electrons. The molecule has 0 heterocycles. The Morgan fingerprint density at radius 1 is 0.371 bits per heavy atom. The molecule has 5 nitrogen and oxygen atoms in total. The Labute approximate surface area is 386 Å². The number of esters is 2. The maximum absolute atomic E-state index is 12.8. The fourth-order valence-corrected chi connectivity index (χ4v) is 7.81. The van der Waals surface area contributed by atoms with Gasteiger partial charge in [0.2, 0.25) is 0 Å². The number of allylic oxidation sites excluding steroid dienone is 8. The van der Waals surface area contributed by atoms with Crippen LogP contribution in [0.25, 0.3) is 0 Å². The monoisotopic (exact) mass is 869 g/mol. The average molecular weight is 869 g/mol. The molecule has 0 saturated heterocycles. The maximum atomic E-state index is 12.8. The first kappa shape index (κ1) is 59.9. The van der Waals surface area contributed by atoms with Crippen molar-refractivity contribution < 1.29 is 23.8 Å². The highest BCUT2D eigenvalue weighted by atomic mass is 16.6. The predicted octanol–water partition coefficient (Wildman–Crippen LogP) is 18.3. The van der Waals surface area contributed by atoms with Crippen molar-refractivity contribution in [2.24, 2.45) is 0 Å². The van der Waals surface area contributed by atoms with Crippen molar-refractivity contribution in [3.63, 3.8) is 0 Å². The molecule has 5 heteroatoms. The van der Waals surface area contributed by atoms with E-state index in [0.717, 1.165) is 83.5 Å². The number of hydrogen-bond acceptors (Lipinski definition) is 5. The maximum Gasteiger partial charge on any atom is 0.306 e. The molecule has 0 bridgehead atoms. The summed E-state index contributed by atoms with van der Waals surface area (Å²) in [6, 6.07) is 0. The molecule has 0 spiro atoms. The van der Waals surface area contributed by atoms with Gasteiger partial charge in [0, 0.05) is 19.4 Å². The summed E-state index contributed by atoms with van der Waals surface area (Å²) < 4.78 is 17.4. The summed E-state index contributed by atoms with van der Waals surface area (Å²) in [4.78, 5) is 25.4. The third-order valence-corrected chi connectivity index (χ3v) is 11.8. The molecule has 1 atom stereocenters. The second-order valence-electron chi connectivity index (χ2n) is 18.1. The van der Waals surface area contributed by atoms with Crippen molar-refractivity contribution in [1.82, 2.24) is 0 Å². The normalized spacial score (nSPS) is 12.5. The first-order valence-corrected chi connectivity index (χ1v) is 27.2. The van der Waals surface area contributed by atoms with E-state index in [9.17, 15) is 9.59 Å². The molecule has 0 aliphatic rings. The van der Waals surface area contributed by atoms with Gasteiger partial charge in [-0.2, -0.15) is 0 Å². The van der Waals surface area contributed by atoms with E-state index in [1.807, 2.05) is 0 Å². The van der Waals surface area contributed by atoms with Gasteiger partial charge >= 0.3 is 11.9 Å². The molecule has 1 unspecified atom stereocenters. The number of carbonyl (C=O) groups is 2. The van der Waals surface area contributed by atoms with Gasteiger partial charge in [-0.25, -0.2) is 0 Å². The third kappa shape index (κ3) is 50.5. The van der Waals surface area contributed by atoms with Crippen LogP contribution in [0.1, 0.15) is 278 Å². The lowest BCUT2D eigenvalue weighted by molar-refractivity contribution is -0.163. The van der Waals surface area contributed by atoms with Crippen LogP contribution >= 0.6 is 0 Å². The van der Waals surface area contributed by atoms with E-state index in [0.29, 0.717) is 19.4 Å². The van der Waals surface area contributed by atoms with Crippen LogP contribution in [0.4, 0.5) is 0 Å². The van der Waals surface area contributed by atoms with E-state index in [1.165, 1.54) is 161 Å². The van der Waals surface area contributed by atoms with Crippen molar-refractivity contribution in [2.45, 2.75) is 284 Å². The second-order valence-corrected chi connectivity index (χ2v) is 18.1. The van der Waals surface area contributed by atoms with E-state index in [-0.39, 0.29) is 25.2 Å². The first-order valence-electron chi connectivity index (χ1n) is 27.2. The van der Waals surface area contributed by atoms with Crippen molar-refractivity contribution in [2.75, 3.05) is 19.8 Å². The summed E-state index contributed by atoms with van der Waals surface area (Å²) in [6.45, 7) is 7.70. The summed E-state index contributed by atoms with van der Waals surface area (Å²) >= 11 is 0. The lowest BCUT2D eigenvalue weighted by Gasteiger charge is -2.18. The SMILES string of the molecule is CC/C=C\C/C=C\C/C=C\CCCCCC(=O)OCC(COCCCCCCCCCCCCCCCCCCCCCC)OC(=O)CCCCCCC/C=C\CCCCCC. The van der Waals surface area contributed by atoms with Crippen LogP contribution in [0.15, 0.2) is 48.6 Å². The van der Waals surface area contributed by atoms with Gasteiger partial charge in [-0.1, -0.05) is 236 Å². The van der Waals surface area contributed by atoms with Gasteiger partial charge in [-0.15, -0.1) is 0 Å². The van der Waals surface area contributed by atoms with Gasteiger partial charge in [-0.3, -0.25) is 9.59 Å². The molecule has 0 aliphatic heterocycles. The van der Waals surface area contributed by atoms with Crippen LogP contribution in [0.2, 0.25) is 0 Å². The molecule has 0 rings (SSSR count). The number of hydrogen-bond donors (Lipinski definition) is 0. The Morgan fingerprint density at radius 3 is 1.21 bits per heavy atom. The van der Waals surface area contributed by atoms with Crippen molar-refractivity contribution in [1.29, 1.82) is 0 Å². The fourth-order valence-electron chi connectivity index (χ4n) is 7.81. The number of carbonyl (C=O) groups excluding carboxylic acids is 2.